The summed E-state index contributed by atoms with van der Waals surface area (Å²) in [7, 11) is 0. The predicted molar refractivity (Wildman–Crippen MR) is 115 cm³/mol. The van der Waals surface area contributed by atoms with Gasteiger partial charge in [-0.3, -0.25) is 0 Å². The van der Waals surface area contributed by atoms with Crippen LogP contribution in [0.25, 0.3) is 0 Å². The van der Waals surface area contributed by atoms with Crippen molar-refractivity contribution in [2.75, 3.05) is 6.61 Å². The first-order valence-electron chi connectivity index (χ1n) is 9.03. The van der Waals surface area contributed by atoms with Gasteiger partial charge in [0, 0.05) is 21.2 Å². The maximum Gasteiger partial charge on any atom is 0.341 e. The first-order valence-corrected chi connectivity index (χ1v) is 10.2. The van der Waals surface area contributed by atoms with Crippen LogP contribution in [0.2, 0.25) is 15.2 Å². The van der Waals surface area contributed by atoms with Gasteiger partial charge >= 0.3 is 5.97 Å². The molecule has 0 fully saturated rings. The van der Waals surface area contributed by atoms with Gasteiger partial charge in [0.2, 0.25) is 0 Å². The van der Waals surface area contributed by atoms with Gasteiger partial charge in [-0.2, -0.15) is 0 Å². The largest absolute Gasteiger partial charge is 0.480 e. The highest BCUT2D eigenvalue weighted by Gasteiger charge is 2.47. The van der Waals surface area contributed by atoms with Crippen molar-refractivity contribution >= 4 is 40.8 Å². The van der Waals surface area contributed by atoms with E-state index in [0.717, 1.165) is 11.1 Å². The molecule has 0 saturated heterocycles. The van der Waals surface area contributed by atoms with Gasteiger partial charge in [-0.1, -0.05) is 59.1 Å². The fourth-order valence-electron chi connectivity index (χ4n) is 3.78. The number of nitrogens with zero attached hydrogens (tertiary/aromatic N) is 1. The molecule has 0 amide bonds. The third-order valence-electron chi connectivity index (χ3n) is 5.00. The zero-order chi connectivity index (χ0) is 21.5. The van der Waals surface area contributed by atoms with Gasteiger partial charge in [0.25, 0.3) is 0 Å². The molecule has 1 aromatic heterocycles. The summed E-state index contributed by atoms with van der Waals surface area (Å²) < 4.78 is 12.0. The number of rotatable bonds is 5. The monoisotopic (exact) mass is 463 g/mol. The molecule has 154 valence electrons. The van der Waals surface area contributed by atoms with Gasteiger partial charge in [-0.15, -0.1) is 0 Å². The van der Waals surface area contributed by atoms with E-state index in [1.54, 1.807) is 31.2 Å². The number of aliphatic carboxylic acids is 1. The topological polar surface area (TPSA) is 68.7 Å². The molecule has 0 spiro atoms. The molecule has 1 aliphatic heterocycles. The Bertz CT molecular complexity index is 1070. The van der Waals surface area contributed by atoms with Crippen LogP contribution in [0.15, 0.2) is 48.5 Å². The normalized spacial score (nSPS) is 14.4. The molecule has 0 unspecified atom stereocenters. The van der Waals surface area contributed by atoms with Gasteiger partial charge in [0.1, 0.15) is 16.5 Å². The van der Waals surface area contributed by atoms with E-state index >= 15 is 0 Å². The quantitative estimate of drug-likeness (QED) is 0.495. The van der Waals surface area contributed by atoms with Gasteiger partial charge in [0.15, 0.2) is 6.61 Å². The Kier molecular flexibility index (Phi) is 5.64. The number of aromatic nitrogens is 1. The molecule has 0 aliphatic carbocycles. The van der Waals surface area contributed by atoms with Crippen LogP contribution in [0.3, 0.4) is 0 Å². The van der Waals surface area contributed by atoms with E-state index in [1.165, 1.54) is 0 Å². The second-order valence-corrected chi connectivity index (χ2v) is 8.07. The molecule has 0 bridgehead atoms. The third kappa shape index (κ3) is 3.52. The number of halogens is 3. The molecular weight excluding hydrogens is 449 g/mol. The van der Waals surface area contributed by atoms with Gasteiger partial charge in [0.05, 0.1) is 12.3 Å². The zero-order valence-corrected chi connectivity index (χ0v) is 18.1. The number of carboxylic acid groups (broad SMARTS) is 1. The number of carboxylic acids is 1. The van der Waals surface area contributed by atoms with E-state index in [0.29, 0.717) is 32.6 Å². The van der Waals surface area contributed by atoms with Gasteiger partial charge in [-0.05, 0) is 42.3 Å². The van der Waals surface area contributed by atoms with Crippen molar-refractivity contribution in [3.63, 3.8) is 0 Å². The minimum absolute atomic E-state index is 0.165. The highest BCUT2D eigenvalue weighted by molar-refractivity contribution is 6.31. The summed E-state index contributed by atoms with van der Waals surface area (Å²) in [4.78, 5) is 15.5. The Labute approximate surface area is 188 Å². The Hall–Kier alpha value is -2.31. The number of benzene rings is 2. The van der Waals surface area contributed by atoms with Crippen LogP contribution < -0.4 is 4.74 Å². The van der Waals surface area contributed by atoms with Crippen LogP contribution in [0, 0.1) is 6.92 Å². The standard InChI is InChI=1S/C22H16Cl3NO4/c1-12-20(29-11-18(27)28)17-10-30-22(19(17)21(25)26-12,13-2-6-15(23)7-3-13)14-4-8-16(24)9-5-14/h2-9H,10-11H2,1H3,(H,27,28). The van der Waals surface area contributed by atoms with Crippen LogP contribution in [-0.2, 0) is 21.7 Å². The summed E-state index contributed by atoms with van der Waals surface area (Å²) in [6.45, 7) is 1.39. The lowest BCUT2D eigenvalue weighted by atomic mass is 9.80. The molecule has 8 heteroatoms. The maximum absolute atomic E-state index is 11.1. The van der Waals surface area contributed by atoms with Crippen LogP contribution in [-0.4, -0.2) is 22.7 Å². The first kappa shape index (κ1) is 20.9. The average Bonchev–Trinajstić information content (AvgIpc) is 3.10. The number of fused-ring (bicyclic) bond motifs is 1. The lowest BCUT2D eigenvalue weighted by molar-refractivity contribution is -0.139. The fraction of sp³-hybridized carbons (Fsp3) is 0.182. The molecular formula is C22H16Cl3NO4. The molecule has 2 heterocycles. The molecule has 1 N–H and O–H groups in total. The summed E-state index contributed by atoms with van der Waals surface area (Å²) in [5.74, 6) is -0.722. The highest BCUT2D eigenvalue weighted by Crippen LogP contribution is 2.52. The van der Waals surface area contributed by atoms with Crippen molar-refractivity contribution in [3.8, 4) is 5.75 Å². The van der Waals surface area contributed by atoms with E-state index in [2.05, 4.69) is 4.98 Å². The Morgan fingerprint density at radius 3 is 2.10 bits per heavy atom. The molecule has 0 radical (unpaired) electrons. The van der Waals surface area contributed by atoms with Gasteiger partial charge < -0.3 is 14.6 Å². The molecule has 5 nitrogen and oxygen atoms in total. The molecule has 30 heavy (non-hydrogen) atoms. The minimum atomic E-state index is -1.08. The lowest BCUT2D eigenvalue weighted by Crippen LogP contribution is -2.29. The lowest BCUT2D eigenvalue weighted by Gasteiger charge is -2.31. The van der Waals surface area contributed by atoms with Gasteiger partial charge in [-0.25, -0.2) is 9.78 Å². The average molecular weight is 465 g/mol. The molecule has 3 aromatic rings. The second kappa shape index (κ2) is 8.08. The first-order chi connectivity index (χ1) is 14.3. The Morgan fingerprint density at radius 1 is 1.07 bits per heavy atom. The zero-order valence-electron chi connectivity index (χ0n) is 15.8. The number of pyridine rings is 1. The summed E-state index contributed by atoms with van der Waals surface area (Å²) in [5.41, 5.74) is 2.28. The number of ether oxygens (including phenoxy) is 2. The molecule has 0 saturated carbocycles. The molecule has 2 aromatic carbocycles. The van der Waals surface area contributed by atoms with E-state index in [1.807, 2.05) is 24.3 Å². The van der Waals surface area contributed by atoms with Crippen molar-refractivity contribution in [1.29, 1.82) is 0 Å². The second-order valence-electron chi connectivity index (χ2n) is 6.84. The van der Waals surface area contributed by atoms with Crippen LogP contribution in [0.1, 0.15) is 27.9 Å². The van der Waals surface area contributed by atoms with Crippen molar-refractivity contribution in [3.05, 3.63) is 91.7 Å². The van der Waals surface area contributed by atoms with E-state index in [9.17, 15) is 4.79 Å². The number of carbonyl (C=O) groups is 1. The summed E-state index contributed by atoms with van der Waals surface area (Å²) in [6.07, 6.45) is 0. The smallest absolute Gasteiger partial charge is 0.341 e. The minimum Gasteiger partial charge on any atom is -0.480 e. The van der Waals surface area contributed by atoms with Crippen molar-refractivity contribution in [1.82, 2.24) is 4.98 Å². The van der Waals surface area contributed by atoms with E-state index in [-0.39, 0.29) is 11.8 Å². The number of hydrogen-bond acceptors (Lipinski definition) is 4. The fourth-order valence-corrected chi connectivity index (χ4v) is 4.40. The summed E-state index contributed by atoms with van der Waals surface area (Å²) in [5, 5.41) is 10.5. The molecule has 4 rings (SSSR count). The highest BCUT2D eigenvalue weighted by atomic mass is 35.5. The summed E-state index contributed by atoms with van der Waals surface area (Å²) >= 11 is 18.9. The predicted octanol–water partition coefficient (Wildman–Crippen LogP) is 5.64. The molecule has 1 aliphatic rings. The molecule has 0 atom stereocenters. The number of hydrogen-bond donors (Lipinski definition) is 1. The third-order valence-corrected chi connectivity index (χ3v) is 5.78. The summed E-state index contributed by atoms with van der Waals surface area (Å²) in [6, 6.07) is 14.5. The Morgan fingerprint density at radius 2 is 1.60 bits per heavy atom. The van der Waals surface area contributed by atoms with Crippen molar-refractivity contribution in [2.45, 2.75) is 19.1 Å². The van der Waals surface area contributed by atoms with E-state index in [4.69, 9.17) is 49.4 Å². The van der Waals surface area contributed by atoms with Crippen LogP contribution in [0.4, 0.5) is 0 Å². The van der Waals surface area contributed by atoms with Crippen molar-refractivity contribution in [2.24, 2.45) is 0 Å². The Balaban J connectivity index is 1.99. The van der Waals surface area contributed by atoms with Crippen LogP contribution in [0.5, 0.6) is 5.75 Å². The van der Waals surface area contributed by atoms with Crippen LogP contribution >= 0.6 is 34.8 Å². The maximum atomic E-state index is 11.1. The van der Waals surface area contributed by atoms with E-state index < -0.39 is 18.2 Å². The SMILES string of the molecule is Cc1nc(Cl)c2c(c1OCC(=O)O)COC2(c1ccc(Cl)cc1)c1ccc(Cl)cc1. The van der Waals surface area contributed by atoms with Crippen molar-refractivity contribution < 1.29 is 19.4 Å². The number of aryl methyl sites for hydroxylation is 1.